The van der Waals surface area contributed by atoms with Crippen molar-refractivity contribution in [2.45, 2.75) is 38.6 Å². The van der Waals surface area contributed by atoms with E-state index in [1.807, 2.05) is 11.3 Å². The first-order chi connectivity index (χ1) is 11.8. The Kier molecular flexibility index (Phi) is 6.87. The summed E-state index contributed by atoms with van der Waals surface area (Å²) in [4.78, 5) is 18.3. The molecule has 1 aliphatic heterocycles. The summed E-state index contributed by atoms with van der Waals surface area (Å²) in [5.74, 6) is 0.179. The largest absolute Gasteiger partial charge is 0.355 e. The monoisotopic (exact) mass is 347 g/mol. The van der Waals surface area contributed by atoms with Crippen molar-refractivity contribution in [3.8, 4) is 0 Å². The first-order valence-corrected chi connectivity index (χ1v) is 10.1. The smallest absolute Gasteiger partial charge is 0.234 e. The van der Waals surface area contributed by atoms with Gasteiger partial charge < -0.3 is 5.32 Å². The number of allylic oxidation sites excluding steroid dienone is 1. The molecule has 4 nitrogen and oxygen atoms in total. The van der Waals surface area contributed by atoms with Gasteiger partial charge in [-0.05, 0) is 43.6 Å². The van der Waals surface area contributed by atoms with Crippen LogP contribution in [0.3, 0.4) is 0 Å². The Morgan fingerprint density at radius 3 is 2.71 bits per heavy atom. The Labute approximate surface area is 149 Å². The molecule has 1 amide bonds. The molecule has 0 atom stereocenters. The van der Waals surface area contributed by atoms with Crippen molar-refractivity contribution >= 4 is 17.2 Å². The predicted octanol–water partition coefficient (Wildman–Crippen LogP) is 2.87. The second-order valence-corrected chi connectivity index (χ2v) is 7.87. The molecule has 3 rings (SSSR count). The Balaban J connectivity index is 1.29. The standard InChI is InChI=1S/C19H29N3OS/c23-19(20-9-8-17-5-2-1-3-6-17)16-22-12-10-21(11-13-22)15-18-7-4-14-24-18/h4-5,7,14H,1-3,6,8-13,15-16H2,(H,20,23). The highest BCUT2D eigenvalue weighted by Crippen LogP contribution is 2.19. The minimum Gasteiger partial charge on any atom is -0.355 e. The number of nitrogens with zero attached hydrogens (tertiary/aromatic N) is 2. The second-order valence-electron chi connectivity index (χ2n) is 6.84. The summed E-state index contributed by atoms with van der Waals surface area (Å²) >= 11 is 1.82. The fraction of sp³-hybridized carbons (Fsp3) is 0.632. The van der Waals surface area contributed by atoms with Gasteiger partial charge in [0.25, 0.3) is 0 Å². The van der Waals surface area contributed by atoms with Crippen LogP contribution in [-0.4, -0.2) is 55.0 Å². The van der Waals surface area contributed by atoms with Crippen LogP contribution in [0.1, 0.15) is 37.0 Å². The van der Waals surface area contributed by atoms with E-state index in [-0.39, 0.29) is 5.91 Å². The zero-order chi connectivity index (χ0) is 16.6. The summed E-state index contributed by atoms with van der Waals surface area (Å²) in [5.41, 5.74) is 1.53. The Hall–Kier alpha value is -1.17. The number of hydrogen-bond acceptors (Lipinski definition) is 4. The number of amides is 1. The average Bonchev–Trinajstić information content (AvgIpc) is 3.11. The maximum atomic E-state index is 12.1. The second kappa shape index (κ2) is 9.35. The van der Waals surface area contributed by atoms with Gasteiger partial charge in [0.05, 0.1) is 6.54 Å². The molecular formula is C19H29N3OS. The fourth-order valence-corrected chi connectivity index (χ4v) is 4.23. The van der Waals surface area contributed by atoms with Gasteiger partial charge in [0, 0.05) is 44.1 Å². The van der Waals surface area contributed by atoms with E-state index in [1.165, 1.54) is 36.1 Å². The molecule has 1 aliphatic carbocycles. The van der Waals surface area contributed by atoms with Crippen molar-refractivity contribution in [3.63, 3.8) is 0 Å². The lowest BCUT2D eigenvalue weighted by molar-refractivity contribution is -0.122. The molecule has 5 heteroatoms. The highest BCUT2D eigenvalue weighted by molar-refractivity contribution is 7.09. The molecule has 0 aromatic carbocycles. The number of piperazine rings is 1. The van der Waals surface area contributed by atoms with E-state index < -0.39 is 0 Å². The summed E-state index contributed by atoms with van der Waals surface area (Å²) in [5, 5.41) is 5.23. The zero-order valence-corrected chi connectivity index (χ0v) is 15.3. The number of nitrogens with one attached hydrogen (secondary N) is 1. The molecule has 1 fully saturated rings. The SMILES string of the molecule is O=C(CN1CCN(Cc2cccs2)CC1)NCCC1=CCCCC1. The van der Waals surface area contributed by atoms with Crippen LogP contribution in [0.25, 0.3) is 0 Å². The molecule has 0 radical (unpaired) electrons. The quantitative estimate of drug-likeness (QED) is 0.771. The van der Waals surface area contributed by atoms with Crippen LogP contribution in [0.4, 0.5) is 0 Å². The molecule has 0 bridgehead atoms. The zero-order valence-electron chi connectivity index (χ0n) is 14.5. The van der Waals surface area contributed by atoms with Gasteiger partial charge in [-0.25, -0.2) is 0 Å². The van der Waals surface area contributed by atoms with Gasteiger partial charge in [0.15, 0.2) is 0 Å². The van der Waals surface area contributed by atoms with Gasteiger partial charge in [0.2, 0.25) is 5.91 Å². The van der Waals surface area contributed by atoms with Crippen molar-refractivity contribution in [1.82, 2.24) is 15.1 Å². The summed E-state index contributed by atoms with van der Waals surface area (Å²) in [6.45, 7) is 6.48. The van der Waals surface area contributed by atoms with Crippen LogP contribution in [0.5, 0.6) is 0 Å². The maximum absolute atomic E-state index is 12.1. The molecule has 1 aromatic rings. The Morgan fingerprint density at radius 2 is 2.00 bits per heavy atom. The third kappa shape index (κ3) is 5.72. The Morgan fingerprint density at radius 1 is 1.17 bits per heavy atom. The third-order valence-corrected chi connectivity index (χ3v) is 5.81. The van der Waals surface area contributed by atoms with Crippen LogP contribution in [0.15, 0.2) is 29.2 Å². The van der Waals surface area contributed by atoms with E-state index in [2.05, 4.69) is 38.7 Å². The fourth-order valence-electron chi connectivity index (χ4n) is 3.48. The minimum absolute atomic E-state index is 0.179. The average molecular weight is 348 g/mol. The van der Waals surface area contributed by atoms with Gasteiger partial charge in [-0.1, -0.05) is 17.7 Å². The first-order valence-electron chi connectivity index (χ1n) is 9.21. The Bertz CT molecular complexity index is 533. The molecule has 0 spiro atoms. The summed E-state index contributed by atoms with van der Waals surface area (Å²) < 4.78 is 0. The molecule has 0 saturated carbocycles. The minimum atomic E-state index is 0.179. The number of hydrogen-bond donors (Lipinski definition) is 1. The lowest BCUT2D eigenvalue weighted by Crippen LogP contribution is -2.49. The molecule has 2 heterocycles. The third-order valence-electron chi connectivity index (χ3n) is 4.94. The van der Waals surface area contributed by atoms with Gasteiger partial charge >= 0.3 is 0 Å². The number of carbonyl (C=O) groups is 1. The molecular weight excluding hydrogens is 318 g/mol. The molecule has 1 N–H and O–H groups in total. The first kappa shape index (κ1) is 17.6. The molecule has 24 heavy (non-hydrogen) atoms. The summed E-state index contributed by atoms with van der Waals surface area (Å²) in [6.07, 6.45) is 8.48. The topological polar surface area (TPSA) is 35.6 Å². The molecule has 1 saturated heterocycles. The van der Waals surface area contributed by atoms with Gasteiger partial charge in [-0.15, -0.1) is 11.3 Å². The van der Waals surface area contributed by atoms with Crippen molar-refractivity contribution in [3.05, 3.63) is 34.0 Å². The molecule has 1 aromatic heterocycles. The number of carbonyl (C=O) groups excluding carboxylic acids is 1. The van der Waals surface area contributed by atoms with Gasteiger partial charge in [-0.3, -0.25) is 14.6 Å². The van der Waals surface area contributed by atoms with Crippen molar-refractivity contribution in [1.29, 1.82) is 0 Å². The lowest BCUT2D eigenvalue weighted by atomic mass is 9.97. The van der Waals surface area contributed by atoms with Gasteiger partial charge in [-0.2, -0.15) is 0 Å². The van der Waals surface area contributed by atoms with E-state index in [9.17, 15) is 4.79 Å². The van der Waals surface area contributed by atoms with E-state index in [4.69, 9.17) is 0 Å². The van der Waals surface area contributed by atoms with E-state index in [0.29, 0.717) is 6.54 Å². The van der Waals surface area contributed by atoms with Crippen LogP contribution >= 0.6 is 11.3 Å². The maximum Gasteiger partial charge on any atom is 0.234 e. The van der Waals surface area contributed by atoms with E-state index in [1.54, 1.807) is 0 Å². The van der Waals surface area contributed by atoms with Crippen LogP contribution in [0, 0.1) is 0 Å². The van der Waals surface area contributed by atoms with Crippen LogP contribution < -0.4 is 5.32 Å². The summed E-state index contributed by atoms with van der Waals surface area (Å²) in [7, 11) is 0. The molecule has 132 valence electrons. The number of rotatable bonds is 7. The highest BCUT2D eigenvalue weighted by Gasteiger charge is 2.19. The normalized spacial score (nSPS) is 19.9. The van der Waals surface area contributed by atoms with Crippen molar-refractivity contribution in [2.24, 2.45) is 0 Å². The number of thiophene rings is 1. The lowest BCUT2D eigenvalue weighted by Gasteiger charge is -2.34. The molecule has 2 aliphatic rings. The van der Waals surface area contributed by atoms with E-state index >= 15 is 0 Å². The summed E-state index contributed by atoms with van der Waals surface area (Å²) in [6, 6.07) is 4.32. The highest BCUT2D eigenvalue weighted by atomic mass is 32.1. The van der Waals surface area contributed by atoms with Crippen molar-refractivity contribution in [2.75, 3.05) is 39.3 Å². The predicted molar refractivity (Wildman–Crippen MR) is 100 cm³/mol. The van der Waals surface area contributed by atoms with Crippen LogP contribution in [0.2, 0.25) is 0 Å². The van der Waals surface area contributed by atoms with Gasteiger partial charge in [0.1, 0.15) is 0 Å². The van der Waals surface area contributed by atoms with E-state index in [0.717, 1.165) is 45.7 Å². The molecule has 0 unspecified atom stereocenters. The van der Waals surface area contributed by atoms with Crippen molar-refractivity contribution < 1.29 is 4.79 Å². The van der Waals surface area contributed by atoms with Crippen LogP contribution in [-0.2, 0) is 11.3 Å².